The van der Waals surface area contributed by atoms with E-state index in [1.54, 1.807) is 6.07 Å². The minimum Gasteiger partial charge on any atom is -0.399 e. The molecular formula is C35H33N7O. The highest BCUT2D eigenvalue weighted by atomic mass is 16.1. The molecule has 6 aromatic rings. The van der Waals surface area contributed by atoms with Crippen molar-refractivity contribution in [1.29, 1.82) is 0 Å². The molecule has 0 atom stereocenters. The van der Waals surface area contributed by atoms with Crippen LogP contribution in [0.25, 0.3) is 39.1 Å². The third-order valence-corrected chi connectivity index (χ3v) is 8.21. The van der Waals surface area contributed by atoms with Gasteiger partial charge in [0.2, 0.25) is 5.91 Å². The first kappa shape index (κ1) is 26.8. The summed E-state index contributed by atoms with van der Waals surface area (Å²) in [5, 5.41) is 8.62. The molecule has 3 aromatic carbocycles. The van der Waals surface area contributed by atoms with Crippen LogP contribution in [0.5, 0.6) is 0 Å². The lowest BCUT2D eigenvalue weighted by Crippen LogP contribution is -2.37. The number of likely N-dealkylation sites (tertiary alicyclic amines) is 1. The van der Waals surface area contributed by atoms with E-state index in [-0.39, 0.29) is 11.8 Å². The number of rotatable bonds is 6. The van der Waals surface area contributed by atoms with Gasteiger partial charge >= 0.3 is 0 Å². The molecule has 3 N–H and O–H groups in total. The van der Waals surface area contributed by atoms with Gasteiger partial charge in [-0.15, -0.1) is 0 Å². The number of benzene rings is 3. The molecule has 8 heteroatoms. The van der Waals surface area contributed by atoms with Crippen molar-refractivity contribution in [3.8, 4) is 22.4 Å². The number of amides is 1. The summed E-state index contributed by atoms with van der Waals surface area (Å²) in [5.41, 5.74) is 15.1. The number of fused-ring (bicyclic) bond motifs is 3. The number of piperidine rings is 1. The second-order valence-corrected chi connectivity index (χ2v) is 11.3. The highest BCUT2D eigenvalue weighted by Gasteiger charge is 2.25. The van der Waals surface area contributed by atoms with Gasteiger partial charge in [0.05, 0.1) is 11.4 Å². The molecule has 0 spiro atoms. The standard InChI is InChI=1S/C35H33N7O/c1-23-18-32-37-21-28-19-31(25-6-3-2-4-7-25)33(39-34(28)42(32)40-23)26-12-10-24(11-13-26)22-41-16-14-27(15-17-41)35(43)38-30-9-5-8-29(36)20-30/h2-13,18-21,27H,14-17,22,36H2,1H3,(H,38,43). The molecule has 0 saturated carbocycles. The Morgan fingerprint density at radius 2 is 1.72 bits per heavy atom. The molecule has 214 valence electrons. The van der Waals surface area contributed by atoms with Crippen molar-refractivity contribution in [2.45, 2.75) is 26.3 Å². The molecular weight excluding hydrogens is 534 g/mol. The smallest absolute Gasteiger partial charge is 0.227 e. The molecule has 1 amide bonds. The number of aryl methyl sites for hydroxylation is 1. The predicted molar refractivity (Wildman–Crippen MR) is 171 cm³/mol. The van der Waals surface area contributed by atoms with Gasteiger partial charge in [-0.05, 0) is 68.2 Å². The number of aromatic nitrogens is 4. The first-order valence-electron chi connectivity index (χ1n) is 14.7. The van der Waals surface area contributed by atoms with Gasteiger partial charge in [-0.25, -0.2) is 9.97 Å². The Hall–Kier alpha value is -5.08. The summed E-state index contributed by atoms with van der Waals surface area (Å²) in [6.45, 7) is 4.58. The fourth-order valence-electron chi connectivity index (χ4n) is 5.95. The van der Waals surface area contributed by atoms with Crippen LogP contribution in [0.2, 0.25) is 0 Å². The van der Waals surface area contributed by atoms with E-state index < -0.39 is 0 Å². The summed E-state index contributed by atoms with van der Waals surface area (Å²) >= 11 is 0. The van der Waals surface area contributed by atoms with Crippen molar-refractivity contribution >= 4 is 34.0 Å². The third-order valence-electron chi connectivity index (χ3n) is 8.21. The Bertz CT molecular complexity index is 1920. The summed E-state index contributed by atoms with van der Waals surface area (Å²) in [6, 6.07) is 30.5. The Balaban J connectivity index is 1.09. The van der Waals surface area contributed by atoms with Gasteiger partial charge in [0.15, 0.2) is 11.3 Å². The molecule has 0 bridgehead atoms. The van der Waals surface area contributed by atoms with Crippen LogP contribution in [0.15, 0.2) is 97.2 Å². The third kappa shape index (κ3) is 5.57. The summed E-state index contributed by atoms with van der Waals surface area (Å²) < 4.78 is 1.83. The summed E-state index contributed by atoms with van der Waals surface area (Å²) in [7, 11) is 0. The van der Waals surface area contributed by atoms with E-state index in [0.717, 1.165) is 82.9 Å². The maximum Gasteiger partial charge on any atom is 0.227 e. The summed E-state index contributed by atoms with van der Waals surface area (Å²) in [6.07, 6.45) is 3.55. The maximum atomic E-state index is 12.8. The normalized spacial score (nSPS) is 14.3. The number of carbonyl (C=O) groups excluding carboxylic acids is 1. The Kier molecular flexibility index (Phi) is 7.04. The number of nitrogens with two attached hydrogens (primary N) is 1. The molecule has 0 radical (unpaired) electrons. The van der Waals surface area contributed by atoms with Crippen LogP contribution in [-0.4, -0.2) is 43.5 Å². The van der Waals surface area contributed by atoms with Crippen molar-refractivity contribution in [3.05, 3.63) is 108 Å². The molecule has 1 fully saturated rings. The number of pyridine rings is 1. The van der Waals surface area contributed by atoms with Gasteiger partial charge in [0.1, 0.15) is 0 Å². The molecule has 43 heavy (non-hydrogen) atoms. The fourth-order valence-corrected chi connectivity index (χ4v) is 5.95. The zero-order valence-corrected chi connectivity index (χ0v) is 24.1. The summed E-state index contributed by atoms with van der Waals surface area (Å²) in [5.74, 6) is 0.0840. The van der Waals surface area contributed by atoms with Crippen molar-refractivity contribution in [2.75, 3.05) is 24.1 Å². The van der Waals surface area contributed by atoms with E-state index >= 15 is 0 Å². The Morgan fingerprint density at radius 3 is 2.49 bits per heavy atom. The van der Waals surface area contributed by atoms with E-state index in [4.69, 9.17) is 10.7 Å². The predicted octanol–water partition coefficient (Wildman–Crippen LogP) is 6.35. The van der Waals surface area contributed by atoms with Gasteiger partial charge in [-0.2, -0.15) is 9.61 Å². The van der Waals surface area contributed by atoms with Gasteiger partial charge in [-0.3, -0.25) is 9.69 Å². The Labute approximate surface area is 250 Å². The topological polar surface area (TPSA) is 101 Å². The van der Waals surface area contributed by atoms with E-state index in [2.05, 4.69) is 74.9 Å². The number of nitrogen functional groups attached to an aromatic ring is 1. The van der Waals surface area contributed by atoms with Crippen LogP contribution in [0.4, 0.5) is 11.4 Å². The Morgan fingerprint density at radius 1 is 0.930 bits per heavy atom. The molecule has 0 unspecified atom stereocenters. The second kappa shape index (κ2) is 11.3. The molecule has 7 rings (SSSR count). The van der Waals surface area contributed by atoms with Crippen molar-refractivity contribution in [2.24, 2.45) is 5.92 Å². The van der Waals surface area contributed by atoms with Gasteiger partial charge in [-0.1, -0.05) is 60.7 Å². The quantitative estimate of drug-likeness (QED) is 0.227. The highest BCUT2D eigenvalue weighted by molar-refractivity contribution is 5.93. The van der Waals surface area contributed by atoms with Crippen molar-refractivity contribution in [3.63, 3.8) is 0 Å². The molecule has 8 nitrogen and oxygen atoms in total. The number of anilines is 2. The minimum absolute atomic E-state index is 0.00989. The van der Waals surface area contributed by atoms with Crippen molar-refractivity contribution < 1.29 is 4.79 Å². The molecule has 3 aromatic heterocycles. The molecule has 1 aliphatic rings. The summed E-state index contributed by atoms with van der Waals surface area (Å²) in [4.78, 5) is 25.0. The first-order chi connectivity index (χ1) is 21.0. The second-order valence-electron chi connectivity index (χ2n) is 11.3. The largest absolute Gasteiger partial charge is 0.399 e. The zero-order chi connectivity index (χ0) is 29.3. The lowest BCUT2D eigenvalue weighted by atomic mass is 9.95. The molecule has 1 aliphatic heterocycles. The van der Waals surface area contributed by atoms with E-state index in [1.807, 2.05) is 48.0 Å². The molecule has 1 saturated heterocycles. The van der Waals surface area contributed by atoms with Crippen molar-refractivity contribution in [1.82, 2.24) is 24.5 Å². The van der Waals surface area contributed by atoms with Crippen LogP contribution in [-0.2, 0) is 11.3 Å². The van der Waals surface area contributed by atoms with Gasteiger partial charge < -0.3 is 11.1 Å². The average Bonchev–Trinajstić information content (AvgIpc) is 3.42. The number of nitrogens with one attached hydrogen (secondary N) is 1. The average molecular weight is 568 g/mol. The number of carbonyl (C=O) groups is 1. The number of nitrogens with zero attached hydrogens (tertiary/aromatic N) is 5. The molecule has 0 aliphatic carbocycles. The van der Waals surface area contributed by atoms with Gasteiger partial charge in [0, 0.05) is 52.6 Å². The first-order valence-corrected chi connectivity index (χ1v) is 14.7. The van der Waals surface area contributed by atoms with E-state index in [1.165, 1.54) is 5.56 Å². The monoisotopic (exact) mass is 567 g/mol. The lowest BCUT2D eigenvalue weighted by molar-refractivity contribution is -0.121. The van der Waals surface area contributed by atoms with E-state index in [0.29, 0.717) is 5.69 Å². The SMILES string of the molecule is Cc1cc2ncc3cc(-c4ccccc4)c(-c4ccc(CN5CCC(C(=O)Nc6cccc(N)c6)CC5)cc4)nc3n2n1. The number of hydrogen-bond acceptors (Lipinski definition) is 6. The van der Waals surface area contributed by atoms with Crippen LogP contribution < -0.4 is 11.1 Å². The van der Waals surface area contributed by atoms with Crippen LogP contribution >= 0.6 is 0 Å². The highest BCUT2D eigenvalue weighted by Crippen LogP contribution is 2.34. The molecule has 4 heterocycles. The maximum absolute atomic E-state index is 12.8. The number of hydrogen-bond donors (Lipinski definition) is 2. The zero-order valence-electron chi connectivity index (χ0n) is 24.1. The van der Waals surface area contributed by atoms with Crippen LogP contribution in [0.3, 0.4) is 0 Å². The van der Waals surface area contributed by atoms with Gasteiger partial charge in [0.25, 0.3) is 0 Å². The van der Waals surface area contributed by atoms with E-state index in [9.17, 15) is 4.79 Å². The fraction of sp³-hybridized carbons (Fsp3) is 0.200. The minimum atomic E-state index is 0.00989. The lowest BCUT2D eigenvalue weighted by Gasteiger charge is -2.31. The van der Waals surface area contributed by atoms with Crippen LogP contribution in [0, 0.1) is 12.8 Å². The van der Waals surface area contributed by atoms with Crippen LogP contribution in [0.1, 0.15) is 24.1 Å².